The monoisotopic (exact) mass is 282 g/mol. The molecule has 1 aromatic carbocycles. The van der Waals surface area contributed by atoms with Crippen LogP contribution in [-0.4, -0.2) is 21.3 Å². The molecular formula is C12H12Cl2N4. The van der Waals surface area contributed by atoms with Gasteiger partial charge in [0.15, 0.2) is 0 Å². The molecule has 0 unspecified atom stereocenters. The van der Waals surface area contributed by atoms with Crippen molar-refractivity contribution in [2.45, 2.75) is 19.5 Å². The smallest absolute Gasteiger partial charge is 0.147 e. The minimum absolute atomic E-state index is 0.577. The van der Waals surface area contributed by atoms with E-state index < -0.39 is 0 Å². The fraction of sp³-hybridized carbons (Fsp3) is 0.333. The molecule has 0 amide bonds. The molecule has 3 rings (SSSR count). The van der Waals surface area contributed by atoms with Crippen LogP contribution < -0.4 is 5.32 Å². The van der Waals surface area contributed by atoms with Crippen molar-refractivity contribution in [3.8, 4) is 0 Å². The highest BCUT2D eigenvalue weighted by Gasteiger charge is 2.15. The quantitative estimate of drug-likeness (QED) is 0.919. The normalized spacial score (nSPS) is 14.6. The topological polar surface area (TPSA) is 42.7 Å². The van der Waals surface area contributed by atoms with Crippen LogP contribution in [0.5, 0.6) is 0 Å². The van der Waals surface area contributed by atoms with Gasteiger partial charge in [0.05, 0.1) is 16.6 Å². The summed E-state index contributed by atoms with van der Waals surface area (Å²) in [6.45, 7) is 2.66. The van der Waals surface area contributed by atoms with Crippen molar-refractivity contribution in [1.82, 2.24) is 20.1 Å². The summed E-state index contributed by atoms with van der Waals surface area (Å²) in [4.78, 5) is 0. The molecule has 1 aromatic heterocycles. The Morgan fingerprint density at radius 2 is 2.11 bits per heavy atom. The van der Waals surface area contributed by atoms with Gasteiger partial charge in [-0.2, -0.15) is 0 Å². The number of nitrogens with one attached hydrogen (secondary N) is 1. The molecule has 1 N–H and O–H groups in total. The van der Waals surface area contributed by atoms with Gasteiger partial charge >= 0.3 is 0 Å². The summed E-state index contributed by atoms with van der Waals surface area (Å²) in [6, 6.07) is 5.66. The Bertz CT molecular complexity index is 579. The van der Waals surface area contributed by atoms with Crippen LogP contribution in [0.25, 0.3) is 0 Å². The second-order valence-corrected chi connectivity index (χ2v) is 5.10. The van der Waals surface area contributed by atoms with Crippen molar-refractivity contribution in [3.63, 3.8) is 0 Å². The van der Waals surface area contributed by atoms with Gasteiger partial charge in [-0.05, 0) is 17.7 Å². The van der Waals surface area contributed by atoms with Crippen molar-refractivity contribution < 1.29 is 0 Å². The predicted octanol–water partition coefficient (Wildman–Crippen LogP) is 2.28. The Labute approximate surface area is 115 Å². The molecule has 18 heavy (non-hydrogen) atoms. The summed E-state index contributed by atoms with van der Waals surface area (Å²) < 4.78 is 2.17. The van der Waals surface area contributed by atoms with Gasteiger partial charge in [0.2, 0.25) is 0 Å². The summed E-state index contributed by atoms with van der Waals surface area (Å²) in [5.41, 5.74) is 1.10. The van der Waals surface area contributed by atoms with E-state index in [1.54, 1.807) is 0 Å². The van der Waals surface area contributed by atoms with Gasteiger partial charge in [0.25, 0.3) is 0 Å². The molecule has 0 bridgehead atoms. The van der Waals surface area contributed by atoms with Crippen LogP contribution in [0.3, 0.4) is 0 Å². The maximum Gasteiger partial charge on any atom is 0.147 e. The summed E-state index contributed by atoms with van der Waals surface area (Å²) in [5, 5.41) is 12.9. The molecule has 0 aliphatic carbocycles. The van der Waals surface area contributed by atoms with E-state index in [2.05, 4.69) is 20.1 Å². The molecule has 1 aliphatic rings. The Kier molecular flexibility index (Phi) is 3.24. The van der Waals surface area contributed by atoms with Crippen molar-refractivity contribution in [2.24, 2.45) is 0 Å². The van der Waals surface area contributed by atoms with Crippen LogP contribution >= 0.6 is 23.2 Å². The molecule has 0 atom stereocenters. The third-order valence-corrected chi connectivity index (χ3v) is 3.78. The fourth-order valence-electron chi connectivity index (χ4n) is 2.12. The first-order chi connectivity index (χ1) is 8.74. The standard InChI is InChI=1S/C12H12Cl2N4/c13-9-2-1-8(5-10(9)14)6-11-16-17-12-7-15-3-4-18(11)12/h1-2,5,15H,3-4,6-7H2. The van der Waals surface area contributed by atoms with E-state index in [1.165, 1.54) is 0 Å². The van der Waals surface area contributed by atoms with E-state index in [1.807, 2.05) is 18.2 Å². The average Bonchev–Trinajstić information content (AvgIpc) is 2.78. The second kappa shape index (κ2) is 4.88. The summed E-state index contributed by atoms with van der Waals surface area (Å²) in [6.07, 6.45) is 0.726. The predicted molar refractivity (Wildman–Crippen MR) is 71.0 cm³/mol. The third-order valence-electron chi connectivity index (χ3n) is 3.05. The van der Waals surface area contributed by atoms with Crippen LogP contribution in [0.2, 0.25) is 10.0 Å². The maximum atomic E-state index is 6.01. The number of hydrogen-bond acceptors (Lipinski definition) is 3. The molecule has 2 aromatic rings. The van der Waals surface area contributed by atoms with Gasteiger partial charge in [-0.25, -0.2) is 0 Å². The molecule has 0 radical (unpaired) electrons. The molecule has 1 aliphatic heterocycles. The largest absolute Gasteiger partial charge is 0.312 e. The van der Waals surface area contributed by atoms with E-state index in [4.69, 9.17) is 23.2 Å². The number of rotatable bonds is 2. The number of fused-ring (bicyclic) bond motifs is 1. The van der Waals surface area contributed by atoms with Gasteiger partial charge in [-0.15, -0.1) is 10.2 Å². The summed E-state index contributed by atoms with van der Waals surface area (Å²) in [7, 11) is 0. The lowest BCUT2D eigenvalue weighted by molar-refractivity contribution is 0.496. The minimum Gasteiger partial charge on any atom is -0.312 e. The summed E-state index contributed by atoms with van der Waals surface area (Å²) >= 11 is 11.9. The number of halogens is 2. The van der Waals surface area contributed by atoms with Crippen LogP contribution in [0, 0.1) is 0 Å². The highest BCUT2D eigenvalue weighted by atomic mass is 35.5. The van der Waals surface area contributed by atoms with Crippen LogP contribution in [0.15, 0.2) is 18.2 Å². The van der Waals surface area contributed by atoms with Crippen molar-refractivity contribution in [1.29, 1.82) is 0 Å². The SMILES string of the molecule is Clc1ccc(Cc2nnc3n2CCNC3)cc1Cl. The lowest BCUT2D eigenvalue weighted by atomic mass is 10.1. The Balaban J connectivity index is 1.88. The zero-order valence-electron chi connectivity index (χ0n) is 9.66. The Morgan fingerprint density at radius 1 is 1.22 bits per heavy atom. The molecule has 2 heterocycles. The minimum atomic E-state index is 0.577. The molecule has 94 valence electrons. The molecule has 0 fully saturated rings. The van der Waals surface area contributed by atoms with E-state index in [0.29, 0.717) is 10.0 Å². The Hall–Kier alpha value is -1.10. The molecule has 0 saturated carbocycles. The number of nitrogens with zero attached hydrogens (tertiary/aromatic N) is 3. The lowest BCUT2D eigenvalue weighted by Crippen LogP contribution is -2.29. The first-order valence-electron chi connectivity index (χ1n) is 5.79. The lowest BCUT2D eigenvalue weighted by Gasteiger charge is -2.16. The zero-order valence-corrected chi connectivity index (χ0v) is 11.2. The summed E-state index contributed by atoms with van der Waals surface area (Å²) in [5.74, 6) is 1.97. The van der Waals surface area contributed by atoms with Gasteiger partial charge in [-0.1, -0.05) is 29.3 Å². The van der Waals surface area contributed by atoms with Crippen LogP contribution in [0.4, 0.5) is 0 Å². The number of aromatic nitrogens is 3. The van der Waals surface area contributed by atoms with Gasteiger partial charge in [-0.3, -0.25) is 0 Å². The molecule has 0 saturated heterocycles. The van der Waals surface area contributed by atoms with Crippen molar-refractivity contribution in [2.75, 3.05) is 6.54 Å². The third kappa shape index (κ3) is 2.23. The number of hydrogen-bond donors (Lipinski definition) is 1. The molecule has 4 nitrogen and oxygen atoms in total. The highest BCUT2D eigenvalue weighted by Crippen LogP contribution is 2.23. The fourth-order valence-corrected chi connectivity index (χ4v) is 2.44. The van der Waals surface area contributed by atoms with Crippen LogP contribution in [-0.2, 0) is 19.5 Å². The molecule has 6 heteroatoms. The van der Waals surface area contributed by atoms with Crippen molar-refractivity contribution >= 4 is 23.2 Å². The molecule has 0 spiro atoms. The van der Waals surface area contributed by atoms with Gasteiger partial charge in [0, 0.05) is 19.5 Å². The van der Waals surface area contributed by atoms with E-state index in [0.717, 1.165) is 43.3 Å². The van der Waals surface area contributed by atoms with E-state index >= 15 is 0 Å². The first-order valence-corrected chi connectivity index (χ1v) is 6.55. The van der Waals surface area contributed by atoms with Crippen molar-refractivity contribution in [3.05, 3.63) is 45.5 Å². The van der Waals surface area contributed by atoms with Gasteiger partial charge < -0.3 is 9.88 Å². The highest BCUT2D eigenvalue weighted by molar-refractivity contribution is 6.42. The second-order valence-electron chi connectivity index (χ2n) is 4.29. The number of benzene rings is 1. The molecular weight excluding hydrogens is 271 g/mol. The Morgan fingerprint density at radius 3 is 2.94 bits per heavy atom. The zero-order chi connectivity index (χ0) is 12.5. The maximum absolute atomic E-state index is 6.01. The van der Waals surface area contributed by atoms with Gasteiger partial charge in [0.1, 0.15) is 11.6 Å². The first kappa shape index (κ1) is 12.0. The average molecular weight is 283 g/mol. The van der Waals surface area contributed by atoms with E-state index in [9.17, 15) is 0 Å². The van der Waals surface area contributed by atoms with E-state index in [-0.39, 0.29) is 0 Å². The van der Waals surface area contributed by atoms with Crippen LogP contribution in [0.1, 0.15) is 17.2 Å².